The summed E-state index contributed by atoms with van der Waals surface area (Å²) in [4.78, 5) is 0. The van der Waals surface area contributed by atoms with Crippen LogP contribution in [0.25, 0.3) is 0 Å². The molecule has 2 N–H and O–H groups in total. The molecule has 4 heteroatoms. The smallest absolute Gasteiger partial charge is 0.0795 e. The zero-order valence-electron chi connectivity index (χ0n) is 6.75. The standard InChI is InChI=1S/C7H15NO2S/c1-10-2-3-11-7-5-8-4-6(7)9/h6-9H,2-5H2,1H3. The average Bonchev–Trinajstić information content (AvgIpc) is 2.37. The van der Waals surface area contributed by atoms with Crippen molar-refractivity contribution in [2.45, 2.75) is 11.4 Å². The minimum atomic E-state index is -0.170. The van der Waals surface area contributed by atoms with Gasteiger partial charge >= 0.3 is 0 Å². The van der Waals surface area contributed by atoms with E-state index in [1.807, 2.05) is 0 Å². The highest BCUT2D eigenvalue weighted by molar-refractivity contribution is 8.00. The summed E-state index contributed by atoms with van der Waals surface area (Å²) in [6.45, 7) is 2.44. The second kappa shape index (κ2) is 4.98. The number of methoxy groups -OCH3 is 1. The van der Waals surface area contributed by atoms with Crippen LogP contribution in [0.1, 0.15) is 0 Å². The Bertz CT molecular complexity index is 113. The van der Waals surface area contributed by atoms with Crippen LogP contribution in [0.15, 0.2) is 0 Å². The zero-order chi connectivity index (χ0) is 8.10. The lowest BCUT2D eigenvalue weighted by Crippen LogP contribution is -2.21. The fraction of sp³-hybridized carbons (Fsp3) is 1.00. The van der Waals surface area contributed by atoms with Gasteiger partial charge in [0.2, 0.25) is 0 Å². The number of ether oxygens (including phenoxy) is 1. The molecule has 66 valence electrons. The molecule has 0 aliphatic carbocycles. The number of aliphatic hydroxyl groups excluding tert-OH is 1. The average molecular weight is 177 g/mol. The number of rotatable bonds is 4. The fourth-order valence-corrected chi connectivity index (χ4v) is 2.21. The quantitative estimate of drug-likeness (QED) is 0.578. The summed E-state index contributed by atoms with van der Waals surface area (Å²) < 4.78 is 4.91. The van der Waals surface area contributed by atoms with Gasteiger partial charge in [-0.25, -0.2) is 0 Å². The Balaban J connectivity index is 2.05. The Kier molecular flexibility index (Phi) is 4.22. The molecule has 1 aliphatic rings. The summed E-state index contributed by atoms with van der Waals surface area (Å²) >= 11 is 1.78. The molecule has 1 rings (SSSR count). The first kappa shape index (κ1) is 9.32. The maximum atomic E-state index is 9.36. The van der Waals surface area contributed by atoms with Crippen molar-refractivity contribution >= 4 is 11.8 Å². The van der Waals surface area contributed by atoms with Gasteiger partial charge in [0, 0.05) is 31.2 Å². The molecule has 2 unspecified atom stereocenters. The molecule has 0 amide bonds. The summed E-state index contributed by atoms with van der Waals surface area (Å²) in [6, 6.07) is 0. The number of β-amino-alcohol motifs (C(OH)–C–C–N with tert-alkyl or cyclic N) is 1. The van der Waals surface area contributed by atoms with E-state index in [4.69, 9.17) is 4.74 Å². The summed E-state index contributed by atoms with van der Waals surface area (Å²) in [7, 11) is 1.70. The molecule has 0 aromatic heterocycles. The highest BCUT2D eigenvalue weighted by Gasteiger charge is 2.24. The second-order valence-electron chi connectivity index (χ2n) is 2.63. The van der Waals surface area contributed by atoms with Crippen LogP contribution >= 0.6 is 11.8 Å². The predicted molar refractivity (Wildman–Crippen MR) is 47.0 cm³/mol. The highest BCUT2D eigenvalue weighted by Crippen LogP contribution is 2.17. The Hall–Kier alpha value is 0.230. The third kappa shape index (κ3) is 2.99. The van der Waals surface area contributed by atoms with Gasteiger partial charge in [-0.3, -0.25) is 0 Å². The van der Waals surface area contributed by atoms with Crippen molar-refractivity contribution in [3.8, 4) is 0 Å². The first-order valence-corrected chi connectivity index (χ1v) is 4.89. The van der Waals surface area contributed by atoms with Gasteiger partial charge in [0.1, 0.15) is 0 Å². The molecule has 1 saturated heterocycles. The van der Waals surface area contributed by atoms with Crippen LogP contribution in [-0.4, -0.2) is 49.0 Å². The van der Waals surface area contributed by atoms with Crippen molar-refractivity contribution in [3.63, 3.8) is 0 Å². The van der Waals surface area contributed by atoms with E-state index >= 15 is 0 Å². The van der Waals surface area contributed by atoms with Crippen molar-refractivity contribution in [2.75, 3.05) is 32.6 Å². The van der Waals surface area contributed by atoms with Crippen molar-refractivity contribution in [3.05, 3.63) is 0 Å². The second-order valence-corrected chi connectivity index (χ2v) is 3.97. The van der Waals surface area contributed by atoms with Crippen molar-refractivity contribution in [1.82, 2.24) is 5.32 Å². The molecule has 0 aromatic rings. The molecule has 1 fully saturated rings. The van der Waals surface area contributed by atoms with E-state index in [-0.39, 0.29) is 6.10 Å². The third-order valence-corrected chi connectivity index (χ3v) is 3.06. The monoisotopic (exact) mass is 177 g/mol. The van der Waals surface area contributed by atoms with E-state index in [0.717, 1.165) is 25.4 Å². The van der Waals surface area contributed by atoms with E-state index < -0.39 is 0 Å². The largest absolute Gasteiger partial charge is 0.391 e. The zero-order valence-corrected chi connectivity index (χ0v) is 7.56. The van der Waals surface area contributed by atoms with E-state index in [0.29, 0.717) is 5.25 Å². The van der Waals surface area contributed by atoms with Crippen LogP contribution in [0.4, 0.5) is 0 Å². The van der Waals surface area contributed by atoms with Gasteiger partial charge in [-0.05, 0) is 0 Å². The Morgan fingerprint density at radius 3 is 3.00 bits per heavy atom. The number of hydrogen-bond donors (Lipinski definition) is 2. The molecule has 11 heavy (non-hydrogen) atoms. The highest BCUT2D eigenvalue weighted by atomic mass is 32.2. The van der Waals surface area contributed by atoms with Crippen molar-refractivity contribution in [1.29, 1.82) is 0 Å². The number of aliphatic hydroxyl groups is 1. The molecule has 0 saturated carbocycles. The lowest BCUT2D eigenvalue weighted by atomic mass is 10.3. The first-order chi connectivity index (χ1) is 5.34. The van der Waals surface area contributed by atoms with E-state index in [9.17, 15) is 5.11 Å². The van der Waals surface area contributed by atoms with Crippen LogP contribution in [0.5, 0.6) is 0 Å². The van der Waals surface area contributed by atoms with Gasteiger partial charge in [0.15, 0.2) is 0 Å². The predicted octanol–water partition coefficient (Wildman–Crippen LogP) is -0.301. The van der Waals surface area contributed by atoms with Gasteiger partial charge in [0.05, 0.1) is 12.7 Å². The molecule has 0 radical (unpaired) electrons. The van der Waals surface area contributed by atoms with E-state index in [1.165, 1.54) is 0 Å². The normalized spacial score (nSPS) is 31.1. The summed E-state index contributed by atoms with van der Waals surface area (Å²) in [5.74, 6) is 0.972. The Morgan fingerprint density at radius 2 is 2.45 bits per heavy atom. The van der Waals surface area contributed by atoms with Crippen LogP contribution < -0.4 is 5.32 Å². The number of thioether (sulfide) groups is 1. The molecular weight excluding hydrogens is 162 g/mol. The summed E-state index contributed by atoms with van der Waals surface area (Å²) in [5.41, 5.74) is 0. The number of nitrogens with one attached hydrogen (secondary N) is 1. The molecule has 2 atom stereocenters. The van der Waals surface area contributed by atoms with Crippen molar-refractivity contribution < 1.29 is 9.84 Å². The Labute approximate surface area is 71.5 Å². The lowest BCUT2D eigenvalue weighted by molar-refractivity contribution is 0.200. The van der Waals surface area contributed by atoms with Crippen LogP contribution in [0, 0.1) is 0 Å². The lowest BCUT2D eigenvalue weighted by Gasteiger charge is -2.11. The Morgan fingerprint density at radius 1 is 1.64 bits per heavy atom. The van der Waals surface area contributed by atoms with Crippen LogP contribution in [-0.2, 0) is 4.74 Å². The molecule has 1 aliphatic heterocycles. The first-order valence-electron chi connectivity index (χ1n) is 3.84. The maximum Gasteiger partial charge on any atom is 0.0795 e. The maximum absolute atomic E-state index is 9.36. The molecule has 0 bridgehead atoms. The van der Waals surface area contributed by atoms with Crippen LogP contribution in [0.2, 0.25) is 0 Å². The van der Waals surface area contributed by atoms with E-state index in [2.05, 4.69) is 5.32 Å². The molecule has 1 heterocycles. The molecule has 0 aromatic carbocycles. The summed E-state index contributed by atoms with van der Waals surface area (Å²) in [5, 5.41) is 12.9. The molecule has 3 nitrogen and oxygen atoms in total. The van der Waals surface area contributed by atoms with Crippen LogP contribution in [0.3, 0.4) is 0 Å². The van der Waals surface area contributed by atoms with Gasteiger partial charge in [-0.2, -0.15) is 11.8 Å². The fourth-order valence-electron chi connectivity index (χ4n) is 1.09. The minimum Gasteiger partial charge on any atom is -0.391 e. The SMILES string of the molecule is COCCSC1CNCC1O. The van der Waals surface area contributed by atoms with Gasteiger partial charge in [-0.15, -0.1) is 0 Å². The molecule has 0 spiro atoms. The van der Waals surface area contributed by atoms with Gasteiger partial charge in [-0.1, -0.05) is 0 Å². The van der Waals surface area contributed by atoms with E-state index in [1.54, 1.807) is 18.9 Å². The van der Waals surface area contributed by atoms with Gasteiger partial charge < -0.3 is 15.2 Å². The minimum absolute atomic E-state index is 0.170. The summed E-state index contributed by atoms with van der Waals surface area (Å²) in [6.07, 6.45) is -0.170. The third-order valence-electron chi connectivity index (χ3n) is 1.75. The van der Waals surface area contributed by atoms with Crippen molar-refractivity contribution in [2.24, 2.45) is 0 Å². The van der Waals surface area contributed by atoms with Gasteiger partial charge in [0.25, 0.3) is 0 Å². The number of hydrogen-bond acceptors (Lipinski definition) is 4. The topological polar surface area (TPSA) is 41.5 Å². The molecular formula is C7H15NO2S.